The highest BCUT2D eigenvalue weighted by Crippen LogP contribution is 2.49. The Morgan fingerprint density at radius 2 is 2.21 bits per heavy atom. The zero-order chi connectivity index (χ0) is 17.4. The fraction of sp³-hybridized carbons (Fsp3) is 0.500. The van der Waals surface area contributed by atoms with E-state index in [9.17, 15) is 18.0 Å². The standard InChI is InChI=1S/C14H13F3N6O/c15-14(16,17)13(20-21-13)8-11-5-2-6-23(11)12(24)9-3-1-4-10(7-9)19-22-18/h1,3-4,7,11H,2,5-6,8H2. The summed E-state index contributed by atoms with van der Waals surface area (Å²) >= 11 is 0. The van der Waals surface area contributed by atoms with Crippen molar-refractivity contribution in [1.29, 1.82) is 0 Å². The third kappa shape index (κ3) is 2.92. The monoisotopic (exact) mass is 338 g/mol. The van der Waals surface area contributed by atoms with Gasteiger partial charge in [0.25, 0.3) is 11.6 Å². The van der Waals surface area contributed by atoms with Crippen LogP contribution in [0.1, 0.15) is 29.6 Å². The molecule has 24 heavy (non-hydrogen) atoms. The molecular formula is C14H13F3N6O. The molecule has 7 nitrogen and oxygen atoms in total. The molecule has 3 rings (SSSR count). The molecule has 0 N–H and O–H groups in total. The molecule has 1 atom stereocenters. The highest BCUT2D eigenvalue weighted by atomic mass is 19.4. The van der Waals surface area contributed by atoms with Crippen LogP contribution in [0.2, 0.25) is 0 Å². The van der Waals surface area contributed by atoms with E-state index >= 15 is 0 Å². The number of benzene rings is 1. The van der Waals surface area contributed by atoms with Crippen molar-refractivity contribution >= 4 is 11.6 Å². The van der Waals surface area contributed by atoms with Crippen LogP contribution in [-0.2, 0) is 0 Å². The van der Waals surface area contributed by atoms with Crippen molar-refractivity contribution in [2.45, 2.75) is 37.1 Å². The van der Waals surface area contributed by atoms with E-state index in [2.05, 4.69) is 20.3 Å². The fourth-order valence-corrected chi connectivity index (χ4v) is 2.93. The molecule has 2 aliphatic rings. The molecule has 126 valence electrons. The number of alkyl halides is 3. The Labute approximate surface area is 134 Å². The first kappa shape index (κ1) is 16.3. The van der Waals surface area contributed by atoms with Crippen LogP contribution in [0, 0.1) is 0 Å². The Balaban J connectivity index is 1.77. The van der Waals surface area contributed by atoms with E-state index in [1.54, 1.807) is 18.2 Å². The predicted octanol–water partition coefficient (Wildman–Crippen LogP) is 4.35. The summed E-state index contributed by atoms with van der Waals surface area (Å²) in [5.74, 6) is -0.384. The second kappa shape index (κ2) is 5.79. The molecule has 0 bridgehead atoms. The summed E-state index contributed by atoms with van der Waals surface area (Å²) in [6.07, 6.45) is -3.78. The van der Waals surface area contributed by atoms with Gasteiger partial charge in [-0.15, -0.1) is 10.2 Å². The molecule has 0 saturated carbocycles. The van der Waals surface area contributed by atoms with Crippen LogP contribution in [0.4, 0.5) is 18.9 Å². The Morgan fingerprint density at radius 1 is 1.46 bits per heavy atom. The summed E-state index contributed by atoms with van der Waals surface area (Å²) < 4.78 is 39.0. The smallest absolute Gasteiger partial charge is 0.335 e. The summed E-state index contributed by atoms with van der Waals surface area (Å²) in [6.45, 7) is 0.378. The molecule has 0 radical (unpaired) electrons. The molecule has 1 aromatic carbocycles. The Bertz CT molecular complexity index is 734. The van der Waals surface area contributed by atoms with Crippen LogP contribution < -0.4 is 0 Å². The van der Waals surface area contributed by atoms with Crippen molar-refractivity contribution in [3.8, 4) is 0 Å². The highest BCUT2D eigenvalue weighted by molar-refractivity contribution is 5.95. The van der Waals surface area contributed by atoms with Crippen molar-refractivity contribution in [2.75, 3.05) is 6.54 Å². The summed E-state index contributed by atoms with van der Waals surface area (Å²) in [5, 5.41) is 9.79. The van der Waals surface area contributed by atoms with Crippen molar-refractivity contribution in [1.82, 2.24) is 4.90 Å². The van der Waals surface area contributed by atoms with Crippen molar-refractivity contribution in [3.05, 3.63) is 40.3 Å². The van der Waals surface area contributed by atoms with Crippen LogP contribution in [0.3, 0.4) is 0 Å². The second-order valence-electron chi connectivity index (χ2n) is 5.75. The number of nitrogens with zero attached hydrogens (tertiary/aromatic N) is 6. The van der Waals surface area contributed by atoms with Crippen LogP contribution in [0.5, 0.6) is 0 Å². The lowest BCUT2D eigenvalue weighted by atomic mass is 10.0. The first-order chi connectivity index (χ1) is 11.4. The zero-order valence-corrected chi connectivity index (χ0v) is 12.4. The van der Waals surface area contributed by atoms with Crippen molar-refractivity contribution in [3.63, 3.8) is 0 Å². The quantitative estimate of drug-likeness (QED) is 0.455. The Hall–Kier alpha value is -2.61. The van der Waals surface area contributed by atoms with Gasteiger partial charge >= 0.3 is 6.18 Å². The topological polar surface area (TPSA) is 93.8 Å². The number of carbonyl (C=O) groups excluding carboxylic acids is 1. The van der Waals surface area contributed by atoms with Gasteiger partial charge in [-0.1, -0.05) is 17.2 Å². The number of hydrogen-bond donors (Lipinski definition) is 0. The number of hydrogen-bond acceptors (Lipinski definition) is 4. The number of halogens is 3. The first-order valence-electron chi connectivity index (χ1n) is 7.33. The van der Waals surface area contributed by atoms with Crippen LogP contribution >= 0.6 is 0 Å². The number of rotatable bonds is 4. The van der Waals surface area contributed by atoms with E-state index in [0.29, 0.717) is 19.4 Å². The highest BCUT2D eigenvalue weighted by Gasteiger charge is 2.65. The van der Waals surface area contributed by atoms with Gasteiger partial charge in [-0.05, 0) is 30.5 Å². The van der Waals surface area contributed by atoms with E-state index in [-0.39, 0.29) is 23.6 Å². The van der Waals surface area contributed by atoms with E-state index in [4.69, 9.17) is 5.53 Å². The molecule has 1 amide bonds. The normalized spacial score (nSPS) is 21.5. The predicted molar refractivity (Wildman–Crippen MR) is 77.6 cm³/mol. The van der Waals surface area contributed by atoms with Gasteiger partial charge in [-0.25, -0.2) is 0 Å². The molecule has 1 saturated heterocycles. The molecule has 2 heterocycles. The number of amides is 1. The third-order valence-corrected chi connectivity index (χ3v) is 4.21. The van der Waals surface area contributed by atoms with E-state index in [1.807, 2.05) is 0 Å². The van der Waals surface area contributed by atoms with E-state index in [1.165, 1.54) is 11.0 Å². The lowest BCUT2D eigenvalue weighted by molar-refractivity contribution is -0.167. The molecule has 1 aromatic rings. The van der Waals surface area contributed by atoms with Gasteiger partial charge < -0.3 is 4.90 Å². The summed E-state index contributed by atoms with van der Waals surface area (Å²) in [4.78, 5) is 16.7. The summed E-state index contributed by atoms with van der Waals surface area (Å²) in [5.41, 5.74) is 6.65. The van der Waals surface area contributed by atoms with E-state index in [0.717, 1.165) is 0 Å². The van der Waals surface area contributed by atoms with Gasteiger partial charge in [0.05, 0.1) is 0 Å². The van der Waals surface area contributed by atoms with Gasteiger partial charge in [0.15, 0.2) is 0 Å². The van der Waals surface area contributed by atoms with E-state index < -0.39 is 17.9 Å². The van der Waals surface area contributed by atoms with Crippen molar-refractivity contribution in [2.24, 2.45) is 15.3 Å². The fourth-order valence-electron chi connectivity index (χ4n) is 2.93. The van der Waals surface area contributed by atoms with Crippen LogP contribution in [0.15, 0.2) is 39.6 Å². The molecule has 2 aliphatic heterocycles. The minimum atomic E-state index is -4.54. The molecular weight excluding hydrogens is 325 g/mol. The maximum atomic E-state index is 13.0. The molecule has 10 heteroatoms. The zero-order valence-electron chi connectivity index (χ0n) is 12.4. The SMILES string of the molecule is [N-]=[N+]=Nc1cccc(C(=O)N2CCCC2CC2(C(F)(F)F)N=N2)c1. The first-order valence-corrected chi connectivity index (χ1v) is 7.33. The summed E-state index contributed by atoms with van der Waals surface area (Å²) in [6, 6.07) is 5.49. The molecule has 0 spiro atoms. The summed E-state index contributed by atoms with van der Waals surface area (Å²) in [7, 11) is 0. The number of likely N-dealkylation sites (tertiary alicyclic amines) is 1. The van der Waals surface area contributed by atoms with Gasteiger partial charge in [-0.3, -0.25) is 4.79 Å². The Kier molecular flexibility index (Phi) is 3.92. The minimum Gasteiger partial charge on any atom is -0.335 e. The minimum absolute atomic E-state index is 0.275. The van der Waals surface area contributed by atoms with Gasteiger partial charge in [0.1, 0.15) is 0 Å². The third-order valence-electron chi connectivity index (χ3n) is 4.21. The average molecular weight is 338 g/mol. The molecule has 1 unspecified atom stereocenters. The lowest BCUT2D eigenvalue weighted by Crippen LogP contribution is -2.43. The lowest BCUT2D eigenvalue weighted by Gasteiger charge is -2.27. The second-order valence-corrected chi connectivity index (χ2v) is 5.75. The van der Waals surface area contributed by atoms with Crippen LogP contribution in [0.25, 0.3) is 10.4 Å². The number of carbonyl (C=O) groups is 1. The Morgan fingerprint density at radius 3 is 2.83 bits per heavy atom. The van der Waals surface area contributed by atoms with Crippen molar-refractivity contribution < 1.29 is 18.0 Å². The largest absolute Gasteiger partial charge is 0.437 e. The molecule has 0 aliphatic carbocycles. The average Bonchev–Trinajstić information content (AvgIpc) is 3.18. The molecule has 1 fully saturated rings. The maximum absolute atomic E-state index is 13.0. The van der Waals surface area contributed by atoms with Crippen LogP contribution in [-0.4, -0.2) is 35.2 Å². The maximum Gasteiger partial charge on any atom is 0.437 e. The van der Waals surface area contributed by atoms with Gasteiger partial charge in [-0.2, -0.15) is 13.2 Å². The number of azide groups is 1. The molecule has 0 aromatic heterocycles. The van der Waals surface area contributed by atoms with Gasteiger partial charge in [0.2, 0.25) is 0 Å². The van der Waals surface area contributed by atoms with Gasteiger partial charge in [0, 0.05) is 35.2 Å².